The van der Waals surface area contributed by atoms with Crippen molar-refractivity contribution in [3.8, 4) is 6.07 Å². The number of halogens is 1. The largest absolute Gasteiger partial charge is 0.383 e. The molecule has 1 rings (SSSR count). The third-order valence-electron chi connectivity index (χ3n) is 3.11. The smallest absolute Gasteiger partial charge is 0.101 e. The van der Waals surface area contributed by atoms with Crippen LogP contribution < -0.4 is 5.32 Å². The zero-order valence-electron chi connectivity index (χ0n) is 12.1. The molecule has 0 aliphatic rings. The fraction of sp³-hybridized carbons (Fsp3) is 0.533. The summed E-state index contributed by atoms with van der Waals surface area (Å²) < 4.78 is 0.985. The van der Waals surface area contributed by atoms with Gasteiger partial charge in [0, 0.05) is 29.6 Å². The Labute approximate surface area is 124 Å². The highest BCUT2D eigenvalue weighted by Gasteiger charge is 2.12. The molecule has 0 fully saturated rings. The Morgan fingerprint density at radius 1 is 1.26 bits per heavy atom. The van der Waals surface area contributed by atoms with Gasteiger partial charge < -0.3 is 5.32 Å². The monoisotopic (exact) mass is 323 g/mol. The van der Waals surface area contributed by atoms with Gasteiger partial charge in [-0.2, -0.15) is 5.26 Å². The zero-order valence-corrected chi connectivity index (χ0v) is 13.7. The minimum Gasteiger partial charge on any atom is -0.383 e. The Hall–Kier alpha value is -1.05. The molecule has 0 saturated heterocycles. The number of nitriles is 1. The second kappa shape index (κ2) is 7.52. The average molecular weight is 324 g/mol. The molecule has 104 valence electrons. The molecule has 0 amide bonds. The Kier molecular flexibility index (Phi) is 6.33. The lowest BCUT2D eigenvalue weighted by Gasteiger charge is -2.30. The van der Waals surface area contributed by atoms with Crippen LogP contribution in [0, 0.1) is 11.3 Å². The number of anilines is 1. The summed E-state index contributed by atoms with van der Waals surface area (Å²) in [5, 5.41) is 12.4. The van der Waals surface area contributed by atoms with Gasteiger partial charge in [-0.05, 0) is 45.9 Å². The third-order valence-corrected chi connectivity index (χ3v) is 3.61. The molecule has 0 radical (unpaired) electrons. The molecule has 0 aromatic heterocycles. The van der Waals surface area contributed by atoms with Gasteiger partial charge >= 0.3 is 0 Å². The standard InChI is InChI=1S/C15H22BrN3/c1-11(2)19(12(3)4)8-7-18-15-9-14(16)6-5-13(15)10-17/h5-6,9,11-12,18H,7-8H2,1-4H3. The van der Waals surface area contributed by atoms with Crippen LogP contribution in [-0.4, -0.2) is 30.1 Å². The van der Waals surface area contributed by atoms with Crippen molar-refractivity contribution in [3.63, 3.8) is 0 Å². The molecule has 3 nitrogen and oxygen atoms in total. The maximum absolute atomic E-state index is 9.08. The Bertz CT molecular complexity index is 441. The van der Waals surface area contributed by atoms with E-state index in [0.717, 1.165) is 23.2 Å². The highest BCUT2D eigenvalue weighted by Crippen LogP contribution is 2.20. The minimum absolute atomic E-state index is 0.528. The van der Waals surface area contributed by atoms with E-state index in [9.17, 15) is 0 Å². The second-order valence-corrected chi connectivity index (χ2v) is 6.07. The van der Waals surface area contributed by atoms with Crippen molar-refractivity contribution < 1.29 is 0 Å². The van der Waals surface area contributed by atoms with Gasteiger partial charge in [0.05, 0.1) is 11.3 Å². The van der Waals surface area contributed by atoms with E-state index in [0.29, 0.717) is 17.6 Å². The Balaban J connectivity index is 2.62. The highest BCUT2D eigenvalue weighted by atomic mass is 79.9. The number of rotatable bonds is 6. The molecule has 0 heterocycles. The average Bonchev–Trinajstić information content (AvgIpc) is 2.33. The molecule has 1 N–H and O–H groups in total. The van der Waals surface area contributed by atoms with Gasteiger partial charge in [-0.15, -0.1) is 0 Å². The van der Waals surface area contributed by atoms with Crippen LogP contribution in [0.4, 0.5) is 5.69 Å². The molecule has 0 aliphatic heterocycles. The van der Waals surface area contributed by atoms with Crippen LogP contribution in [0.15, 0.2) is 22.7 Å². The summed E-state index contributed by atoms with van der Waals surface area (Å²) in [7, 11) is 0. The van der Waals surface area contributed by atoms with E-state index in [1.165, 1.54) is 0 Å². The molecule has 0 saturated carbocycles. The normalized spacial score (nSPS) is 11.1. The summed E-state index contributed by atoms with van der Waals surface area (Å²) in [6, 6.07) is 8.93. The van der Waals surface area contributed by atoms with Gasteiger partial charge in [0.15, 0.2) is 0 Å². The van der Waals surface area contributed by atoms with E-state index in [-0.39, 0.29) is 0 Å². The van der Waals surface area contributed by atoms with Crippen LogP contribution in [0.5, 0.6) is 0 Å². The topological polar surface area (TPSA) is 39.1 Å². The SMILES string of the molecule is CC(C)N(CCNc1cc(Br)ccc1C#N)C(C)C. The van der Waals surface area contributed by atoms with E-state index < -0.39 is 0 Å². The fourth-order valence-electron chi connectivity index (χ4n) is 2.19. The number of benzene rings is 1. The van der Waals surface area contributed by atoms with Crippen LogP contribution in [0.3, 0.4) is 0 Å². The first-order valence-electron chi connectivity index (χ1n) is 6.65. The van der Waals surface area contributed by atoms with Crippen LogP contribution in [0.25, 0.3) is 0 Å². The Morgan fingerprint density at radius 3 is 2.42 bits per heavy atom. The number of nitrogens with zero attached hydrogens (tertiary/aromatic N) is 2. The first kappa shape index (κ1) is 16.0. The first-order valence-corrected chi connectivity index (χ1v) is 7.44. The maximum Gasteiger partial charge on any atom is 0.101 e. The van der Waals surface area contributed by atoms with Crippen molar-refractivity contribution >= 4 is 21.6 Å². The molecule has 4 heteroatoms. The molecule has 0 aliphatic carbocycles. The third kappa shape index (κ3) is 4.85. The summed E-state index contributed by atoms with van der Waals surface area (Å²) in [5.41, 5.74) is 1.58. The fourth-order valence-corrected chi connectivity index (χ4v) is 2.55. The minimum atomic E-state index is 0.528. The first-order chi connectivity index (χ1) is 8.95. The van der Waals surface area contributed by atoms with Crippen molar-refractivity contribution in [1.82, 2.24) is 4.90 Å². The van der Waals surface area contributed by atoms with Crippen LogP contribution in [0.1, 0.15) is 33.3 Å². The molecule has 0 atom stereocenters. The lowest BCUT2D eigenvalue weighted by Crippen LogP contribution is -2.40. The van der Waals surface area contributed by atoms with Gasteiger partial charge in [-0.1, -0.05) is 15.9 Å². The quantitative estimate of drug-likeness (QED) is 0.864. The summed E-state index contributed by atoms with van der Waals surface area (Å²) in [5.74, 6) is 0. The van der Waals surface area contributed by atoms with Gasteiger partial charge in [0.1, 0.15) is 6.07 Å². The van der Waals surface area contributed by atoms with E-state index >= 15 is 0 Å². The van der Waals surface area contributed by atoms with Crippen molar-refractivity contribution in [3.05, 3.63) is 28.2 Å². The summed E-state index contributed by atoms with van der Waals surface area (Å²) in [6.07, 6.45) is 0. The molecule has 0 spiro atoms. The maximum atomic E-state index is 9.08. The molecular formula is C15H22BrN3. The molecule has 0 bridgehead atoms. The van der Waals surface area contributed by atoms with E-state index in [1.807, 2.05) is 18.2 Å². The van der Waals surface area contributed by atoms with Gasteiger partial charge in [-0.3, -0.25) is 4.90 Å². The van der Waals surface area contributed by atoms with Crippen molar-refractivity contribution in [2.45, 2.75) is 39.8 Å². The molecular weight excluding hydrogens is 302 g/mol. The summed E-state index contributed by atoms with van der Waals surface area (Å²) in [6.45, 7) is 10.6. The van der Waals surface area contributed by atoms with Crippen molar-refractivity contribution in [2.75, 3.05) is 18.4 Å². The number of nitrogens with one attached hydrogen (secondary N) is 1. The predicted octanol–water partition coefficient (Wildman–Crippen LogP) is 3.85. The van der Waals surface area contributed by atoms with Crippen molar-refractivity contribution in [1.29, 1.82) is 5.26 Å². The van der Waals surface area contributed by atoms with Gasteiger partial charge in [-0.25, -0.2) is 0 Å². The lowest BCUT2D eigenvalue weighted by molar-refractivity contribution is 0.182. The summed E-state index contributed by atoms with van der Waals surface area (Å²) >= 11 is 3.43. The predicted molar refractivity (Wildman–Crippen MR) is 84.3 cm³/mol. The molecule has 19 heavy (non-hydrogen) atoms. The van der Waals surface area contributed by atoms with Crippen molar-refractivity contribution in [2.24, 2.45) is 0 Å². The summed E-state index contributed by atoms with van der Waals surface area (Å²) in [4.78, 5) is 2.43. The van der Waals surface area contributed by atoms with Crippen LogP contribution >= 0.6 is 15.9 Å². The lowest BCUT2D eigenvalue weighted by atomic mass is 10.2. The number of hydrogen-bond donors (Lipinski definition) is 1. The highest BCUT2D eigenvalue weighted by molar-refractivity contribution is 9.10. The number of hydrogen-bond acceptors (Lipinski definition) is 3. The van der Waals surface area contributed by atoms with Gasteiger partial charge in [0.2, 0.25) is 0 Å². The Morgan fingerprint density at radius 2 is 1.89 bits per heavy atom. The van der Waals surface area contributed by atoms with E-state index in [2.05, 4.69) is 59.9 Å². The van der Waals surface area contributed by atoms with Crippen LogP contribution in [0.2, 0.25) is 0 Å². The van der Waals surface area contributed by atoms with Gasteiger partial charge in [0.25, 0.3) is 0 Å². The van der Waals surface area contributed by atoms with E-state index in [4.69, 9.17) is 5.26 Å². The zero-order chi connectivity index (χ0) is 14.4. The van der Waals surface area contributed by atoms with E-state index in [1.54, 1.807) is 0 Å². The molecule has 1 aromatic rings. The van der Waals surface area contributed by atoms with Crippen LogP contribution in [-0.2, 0) is 0 Å². The second-order valence-electron chi connectivity index (χ2n) is 5.15. The molecule has 1 aromatic carbocycles. The molecule has 0 unspecified atom stereocenters.